The van der Waals surface area contributed by atoms with Crippen molar-refractivity contribution < 1.29 is 14.7 Å². The number of imidazole rings is 1. The maximum atomic E-state index is 9.30. The number of nitrogen functional groups attached to an aromatic ring is 1. The smallest absolute Gasteiger partial charge is 0.167 e. The summed E-state index contributed by atoms with van der Waals surface area (Å²) < 4.78 is 7.47. The first-order valence-electron chi connectivity index (χ1n) is 6.05. The first kappa shape index (κ1) is 12.8. The first-order valence-corrected chi connectivity index (χ1v) is 6.05. The number of oxime groups is 1. The minimum absolute atomic E-state index is 0.166. The van der Waals surface area contributed by atoms with Crippen LogP contribution < -0.4 is 5.73 Å². The molecule has 0 spiro atoms. The molecule has 2 aromatic rings. The minimum Gasteiger partial charge on any atom is -0.394 e. The highest BCUT2D eigenvalue weighted by Crippen LogP contribution is 2.32. The number of nitrogens with two attached hydrogens (primary N) is 1. The van der Waals surface area contributed by atoms with Gasteiger partial charge in [-0.2, -0.15) is 0 Å². The summed E-state index contributed by atoms with van der Waals surface area (Å²) in [5, 5.41) is 12.7. The number of nitrogens with zero attached hydrogens (tertiary/aromatic N) is 5. The molecule has 1 aliphatic heterocycles. The summed E-state index contributed by atoms with van der Waals surface area (Å²) in [6.45, 7) is 3.11. The third kappa shape index (κ3) is 1.96. The molecule has 2 aromatic heterocycles. The predicted molar refractivity (Wildman–Crippen MR) is 69.8 cm³/mol. The van der Waals surface area contributed by atoms with Crippen molar-refractivity contribution >= 4 is 23.7 Å². The average Bonchev–Trinajstić information content (AvgIpc) is 3.03. The maximum absolute atomic E-state index is 9.30. The molecule has 0 amide bonds. The number of hydrogen-bond acceptors (Lipinski definition) is 8. The van der Waals surface area contributed by atoms with Crippen LogP contribution in [0.5, 0.6) is 0 Å². The molecule has 1 fully saturated rings. The lowest BCUT2D eigenvalue weighted by molar-refractivity contribution is -0.0593. The lowest BCUT2D eigenvalue weighted by atomic mass is 10.2. The summed E-state index contributed by atoms with van der Waals surface area (Å²) in [4.78, 5) is 17.3. The summed E-state index contributed by atoms with van der Waals surface area (Å²) >= 11 is 0. The molecule has 0 aliphatic carbocycles. The van der Waals surface area contributed by atoms with Gasteiger partial charge in [0.15, 0.2) is 17.6 Å². The number of anilines is 1. The zero-order valence-electron chi connectivity index (χ0n) is 10.6. The van der Waals surface area contributed by atoms with Gasteiger partial charge >= 0.3 is 0 Å². The Hall–Kier alpha value is -2.26. The average molecular weight is 278 g/mol. The van der Waals surface area contributed by atoms with Gasteiger partial charge in [0.1, 0.15) is 24.2 Å². The van der Waals surface area contributed by atoms with E-state index >= 15 is 0 Å². The minimum atomic E-state index is -0.470. The molecular formula is C11H14N6O3. The van der Waals surface area contributed by atoms with E-state index < -0.39 is 6.10 Å². The quantitative estimate of drug-likeness (QED) is 0.581. The zero-order valence-corrected chi connectivity index (χ0v) is 10.6. The van der Waals surface area contributed by atoms with Crippen LogP contribution in [0.4, 0.5) is 5.82 Å². The molecular weight excluding hydrogens is 264 g/mol. The monoisotopic (exact) mass is 278 g/mol. The molecule has 106 valence electrons. The number of aliphatic hydroxyl groups excluding tert-OH is 1. The number of aromatic nitrogens is 4. The van der Waals surface area contributed by atoms with Gasteiger partial charge in [0.25, 0.3) is 0 Å². The van der Waals surface area contributed by atoms with Crippen LogP contribution in [0.2, 0.25) is 0 Å². The van der Waals surface area contributed by atoms with E-state index in [2.05, 4.69) is 26.8 Å². The van der Waals surface area contributed by atoms with Crippen LogP contribution >= 0.6 is 0 Å². The fourth-order valence-electron chi connectivity index (χ4n) is 2.32. The Balaban J connectivity index is 1.92. The highest BCUT2D eigenvalue weighted by atomic mass is 16.7. The SMILES string of the molecule is C=NO[C@H]1C[C@H](n2cnc3c(N)ncnc32)O[C@@H]1CO. The lowest BCUT2D eigenvalue weighted by Crippen LogP contribution is -2.26. The van der Waals surface area contributed by atoms with E-state index in [1.54, 1.807) is 10.9 Å². The van der Waals surface area contributed by atoms with Crippen LogP contribution in [0.15, 0.2) is 17.8 Å². The van der Waals surface area contributed by atoms with Gasteiger partial charge in [-0.3, -0.25) is 4.57 Å². The molecule has 20 heavy (non-hydrogen) atoms. The molecule has 1 saturated heterocycles. The second kappa shape index (κ2) is 5.02. The van der Waals surface area contributed by atoms with E-state index in [4.69, 9.17) is 15.3 Å². The second-order valence-corrected chi connectivity index (χ2v) is 4.40. The predicted octanol–water partition coefficient (Wildman–Crippen LogP) is -0.311. The van der Waals surface area contributed by atoms with E-state index in [0.717, 1.165) is 0 Å². The summed E-state index contributed by atoms with van der Waals surface area (Å²) in [5.41, 5.74) is 6.83. The van der Waals surface area contributed by atoms with Gasteiger partial charge in [-0.1, -0.05) is 0 Å². The van der Waals surface area contributed by atoms with Gasteiger partial charge in [-0.25, -0.2) is 15.0 Å². The molecule has 0 unspecified atom stereocenters. The molecule has 9 nitrogen and oxygen atoms in total. The molecule has 3 atom stereocenters. The van der Waals surface area contributed by atoms with Gasteiger partial charge < -0.3 is 20.4 Å². The van der Waals surface area contributed by atoms with E-state index in [1.165, 1.54) is 6.33 Å². The Labute approximate surface area is 114 Å². The Morgan fingerprint density at radius 2 is 2.40 bits per heavy atom. The van der Waals surface area contributed by atoms with Gasteiger partial charge in [0, 0.05) is 13.1 Å². The van der Waals surface area contributed by atoms with Gasteiger partial charge in [0.2, 0.25) is 0 Å². The van der Waals surface area contributed by atoms with Gasteiger partial charge in [-0.15, -0.1) is 5.16 Å². The van der Waals surface area contributed by atoms with Crippen molar-refractivity contribution in [2.75, 3.05) is 12.3 Å². The van der Waals surface area contributed by atoms with Crippen LogP contribution in [-0.2, 0) is 9.57 Å². The van der Waals surface area contributed by atoms with Crippen molar-refractivity contribution in [3.8, 4) is 0 Å². The Kier molecular flexibility index (Phi) is 3.20. The maximum Gasteiger partial charge on any atom is 0.167 e. The molecule has 3 heterocycles. The normalized spacial score (nSPS) is 25.9. The van der Waals surface area contributed by atoms with Crippen molar-refractivity contribution in [2.45, 2.75) is 24.9 Å². The number of ether oxygens (including phenoxy) is 1. The largest absolute Gasteiger partial charge is 0.394 e. The first-order chi connectivity index (χ1) is 9.74. The van der Waals surface area contributed by atoms with Crippen LogP contribution in [0.25, 0.3) is 11.2 Å². The van der Waals surface area contributed by atoms with E-state index in [9.17, 15) is 5.11 Å². The van der Waals surface area contributed by atoms with Crippen LogP contribution in [0.1, 0.15) is 12.6 Å². The topological polar surface area (TPSA) is 121 Å². The Morgan fingerprint density at radius 1 is 1.55 bits per heavy atom. The third-order valence-electron chi connectivity index (χ3n) is 3.27. The molecule has 3 N–H and O–H groups in total. The number of rotatable bonds is 4. The van der Waals surface area contributed by atoms with Crippen LogP contribution in [0, 0.1) is 0 Å². The van der Waals surface area contributed by atoms with Gasteiger partial charge in [-0.05, 0) is 0 Å². The Morgan fingerprint density at radius 3 is 3.15 bits per heavy atom. The van der Waals surface area contributed by atoms with Crippen molar-refractivity contribution in [3.63, 3.8) is 0 Å². The number of hydrogen-bond donors (Lipinski definition) is 2. The van der Waals surface area contributed by atoms with Crippen LogP contribution in [0.3, 0.4) is 0 Å². The number of aliphatic hydroxyl groups is 1. The number of fused-ring (bicyclic) bond motifs is 1. The molecule has 0 bridgehead atoms. The van der Waals surface area contributed by atoms with Crippen molar-refractivity contribution in [3.05, 3.63) is 12.7 Å². The van der Waals surface area contributed by atoms with Crippen molar-refractivity contribution in [2.24, 2.45) is 5.16 Å². The fourth-order valence-corrected chi connectivity index (χ4v) is 2.32. The summed E-state index contributed by atoms with van der Waals surface area (Å²) in [7, 11) is 0. The molecule has 0 saturated carbocycles. The fraction of sp³-hybridized carbons (Fsp3) is 0.455. The molecule has 3 rings (SSSR count). The molecule has 1 aliphatic rings. The highest BCUT2D eigenvalue weighted by Gasteiger charge is 2.38. The molecule has 0 radical (unpaired) electrons. The van der Waals surface area contributed by atoms with E-state index in [-0.39, 0.29) is 18.9 Å². The zero-order chi connectivity index (χ0) is 14.1. The summed E-state index contributed by atoms with van der Waals surface area (Å²) in [6.07, 6.45) is 2.26. The summed E-state index contributed by atoms with van der Waals surface area (Å²) in [6, 6.07) is 0. The second-order valence-electron chi connectivity index (χ2n) is 4.40. The van der Waals surface area contributed by atoms with Crippen molar-refractivity contribution in [1.29, 1.82) is 0 Å². The van der Waals surface area contributed by atoms with E-state index in [1.807, 2.05) is 0 Å². The molecule has 0 aromatic carbocycles. The van der Waals surface area contributed by atoms with Crippen LogP contribution in [-0.4, -0.2) is 50.2 Å². The Bertz CT molecular complexity index is 630. The van der Waals surface area contributed by atoms with Crippen molar-refractivity contribution in [1.82, 2.24) is 19.5 Å². The molecule has 9 heteroatoms. The highest BCUT2D eigenvalue weighted by molar-refractivity contribution is 5.81. The van der Waals surface area contributed by atoms with E-state index in [0.29, 0.717) is 23.4 Å². The lowest BCUT2D eigenvalue weighted by Gasteiger charge is -2.13. The standard InChI is InChI=1S/C11H14N6O3/c1-13-20-6-2-8(19-7(6)3-18)17-5-16-9-10(12)14-4-15-11(9)17/h4-8,18H,1-3H2,(H2,12,14,15)/t6-,7+,8+/m0/s1. The third-order valence-corrected chi connectivity index (χ3v) is 3.27. The van der Waals surface area contributed by atoms with Gasteiger partial charge in [0.05, 0.1) is 12.9 Å². The summed E-state index contributed by atoms with van der Waals surface area (Å²) in [5.74, 6) is 0.311.